The Kier molecular flexibility index (Phi) is 5.88. The van der Waals surface area contributed by atoms with Crippen LogP contribution in [0.1, 0.15) is 41.0 Å². The van der Waals surface area contributed by atoms with Crippen LogP contribution in [0.15, 0.2) is 0 Å². The molecule has 3 heteroatoms. The Balaban J connectivity index is 3.93. The third-order valence-electron chi connectivity index (χ3n) is 2.89. The Labute approximate surface area is 93.8 Å². The number of nitrogens with zero attached hydrogens (tertiary/aromatic N) is 1. The maximum atomic E-state index is 11.2. The van der Waals surface area contributed by atoms with E-state index in [1.54, 1.807) is 0 Å². The van der Waals surface area contributed by atoms with Crippen LogP contribution in [0.5, 0.6) is 0 Å². The van der Waals surface area contributed by atoms with Gasteiger partial charge in [-0.1, -0.05) is 20.8 Å². The Bertz CT molecular complexity index is 196. The third-order valence-corrected chi connectivity index (χ3v) is 2.89. The number of esters is 1. The predicted molar refractivity (Wildman–Crippen MR) is 62.8 cm³/mol. The van der Waals surface area contributed by atoms with E-state index in [1.165, 1.54) is 0 Å². The summed E-state index contributed by atoms with van der Waals surface area (Å²) in [5.41, 5.74) is 0.239. The second-order valence-corrected chi connectivity index (χ2v) is 5.08. The SMILES string of the molecule is CCOC(=O)CCN(C)C(C)C(C)(C)C. The second-order valence-electron chi connectivity index (χ2n) is 5.08. The Hall–Kier alpha value is -0.570. The van der Waals surface area contributed by atoms with E-state index in [0.717, 1.165) is 6.54 Å². The summed E-state index contributed by atoms with van der Waals surface area (Å²) >= 11 is 0. The highest BCUT2D eigenvalue weighted by molar-refractivity contribution is 5.69. The molecule has 0 rings (SSSR count). The second kappa shape index (κ2) is 6.11. The highest BCUT2D eigenvalue weighted by Gasteiger charge is 2.23. The van der Waals surface area contributed by atoms with Crippen molar-refractivity contribution in [1.82, 2.24) is 4.90 Å². The third kappa shape index (κ3) is 5.78. The molecule has 1 unspecified atom stereocenters. The predicted octanol–water partition coefficient (Wildman–Crippen LogP) is 2.31. The van der Waals surface area contributed by atoms with Gasteiger partial charge in [-0.15, -0.1) is 0 Å². The van der Waals surface area contributed by atoms with Gasteiger partial charge in [0.2, 0.25) is 0 Å². The van der Waals surface area contributed by atoms with E-state index in [2.05, 4.69) is 39.6 Å². The van der Waals surface area contributed by atoms with Crippen molar-refractivity contribution in [2.45, 2.75) is 47.1 Å². The van der Waals surface area contributed by atoms with Crippen molar-refractivity contribution in [3.63, 3.8) is 0 Å². The first-order valence-electron chi connectivity index (χ1n) is 5.65. The van der Waals surface area contributed by atoms with E-state index in [0.29, 0.717) is 19.1 Å². The number of carbonyl (C=O) groups is 1. The molecule has 0 spiro atoms. The average Bonchev–Trinajstić information content (AvgIpc) is 2.12. The molecule has 0 radical (unpaired) electrons. The summed E-state index contributed by atoms with van der Waals surface area (Å²) < 4.78 is 4.89. The van der Waals surface area contributed by atoms with Crippen LogP contribution in [0.3, 0.4) is 0 Å². The molecular weight excluding hydrogens is 190 g/mol. The minimum Gasteiger partial charge on any atom is -0.466 e. The molecule has 0 aromatic rings. The van der Waals surface area contributed by atoms with E-state index >= 15 is 0 Å². The molecule has 15 heavy (non-hydrogen) atoms. The van der Waals surface area contributed by atoms with E-state index in [-0.39, 0.29) is 11.4 Å². The summed E-state index contributed by atoms with van der Waals surface area (Å²) in [7, 11) is 2.05. The van der Waals surface area contributed by atoms with Crippen molar-refractivity contribution in [2.75, 3.05) is 20.2 Å². The summed E-state index contributed by atoms with van der Waals surface area (Å²) in [5.74, 6) is -0.106. The van der Waals surface area contributed by atoms with Crippen molar-refractivity contribution < 1.29 is 9.53 Å². The number of hydrogen-bond donors (Lipinski definition) is 0. The maximum Gasteiger partial charge on any atom is 0.307 e. The molecule has 0 fully saturated rings. The van der Waals surface area contributed by atoms with Crippen molar-refractivity contribution in [3.8, 4) is 0 Å². The largest absolute Gasteiger partial charge is 0.466 e. The summed E-state index contributed by atoms with van der Waals surface area (Å²) in [6.45, 7) is 11.9. The van der Waals surface area contributed by atoms with Gasteiger partial charge in [0.1, 0.15) is 0 Å². The molecular formula is C12H25NO2. The maximum absolute atomic E-state index is 11.2. The smallest absolute Gasteiger partial charge is 0.307 e. The highest BCUT2D eigenvalue weighted by atomic mass is 16.5. The number of hydrogen-bond acceptors (Lipinski definition) is 3. The van der Waals surface area contributed by atoms with Crippen molar-refractivity contribution in [2.24, 2.45) is 5.41 Å². The molecule has 90 valence electrons. The van der Waals surface area contributed by atoms with Crippen LogP contribution in [-0.4, -0.2) is 37.1 Å². The first-order chi connectivity index (χ1) is 6.79. The van der Waals surface area contributed by atoms with Gasteiger partial charge in [-0.2, -0.15) is 0 Å². The molecule has 0 aliphatic rings. The van der Waals surface area contributed by atoms with Crippen molar-refractivity contribution in [3.05, 3.63) is 0 Å². The standard InChI is InChI=1S/C12H25NO2/c1-7-15-11(14)8-9-13(6)10(2)12(3,4)5/h10H,7-9H2,1-6H3. The number of ether oxygens (including phenoxy) is 1. The van der Waals surface area contributed by atoms with Gasteiger partial charge >= 0.3 is 5.97 Å². The van der Waals surface area contributed by atoms with Crippen LogP contribution >= 0.6 is 0 Å². The minimum absolute atomic E-state index is 0.106. The molecule has 0 aliphatic carbocycles. The quantitative estimate of drug-likeness (QED) is 0.659. The molecule has 1 atom stereocenters. The van der Waals surface area contributed by atoms with Gasteiger partial charge in [-0.3, -0.25) is 4.79 Å². The fourth-order valence-electron chi connectivity index (χ4n) is 1.36. The first kappa shape index (κ1) is 14.4. The van der Waals surface area contributed by atoms with Crippen LogP contribution < -0.4 is 0 Å². The summed E-state index contributed by atoms with van der Waals surface area (Å²) in [4.78, 5) is 13.4. The van der Waals surface area contributed by atoms with E-state index < -0.39 is 0 Å². The van der Waals surface area contributed by atoms with Gasteiger partial charge in [-0.05, 0) is 26.3 Å². The summed E-state index contributed by atoms with van der Waals surface area (Å²) in [6.07, 6.45) is 0.477. The van der Waals surface area contributed by atoms with Crippen LogP contribution in [-0.2, 0) is 9.53 Å². The van der Waals surface area contributed by atoms with Crippen molar-refractivity contribution >= 4 is 5.97 Å². The van der Waals surface area contributed by atoms with E-state index in [4.69, 9.17) is 4.74 Å². The molecule has 0 bridgehead atoms. The van der Waals surface area contributed by atoms with Crippen LogP contribution in [0.25, 0.3) is 0 Å². The van der Waals surface area contributed by atoms with Crippen LogP contribution in [0, 0.1) is 5.41 Å². The average molecular weight is 215 g/mol. The molecule has 0 saturated carbocycles. The number of rotatable bonds is 5. The zero-order valence-electron chi connectivity index (χ0n) is 11.0. The molecule has 0 aromatic carbocycles. The number of carbonyl (C=O) groups excluding carboxylic acids is 1. The molecule has 3 nitrogen and oxygen atoms in total. The van der Waals surface area contributed by atoms with Gasteiger partial charge < -0.3 is 9.64 Å². The first-order valence-corrected chi connectivity index (χ1v) is 5.65. The van der Waals surface area contributed by atoms with Gasteiger partial charge in [0.15, 0.2) is 0 Å². The lowest BCUT2D eigenvalue weighted by Crippen LogP contribution is -2.40. The summed E-state index contributed by atoms with van der Waals surface area (Å²) in [5, 5.41) is 0. The zero-order chi connectivity index (χ0) is 12.1. The molecule has 0 aliphatic heterocycles. The lowest BCUT2D eigenvalue weighted by Gasteiger charge is -2.35. The van der Waals surface area contributed by atoms with Gasteiger partial charge in [0.25, 0.3) is 0 Å². The normalized spacial score (nSPS) is 14.1. The molecule has 0 amide bonds. The van der Waals surface area contributed by atoms with Gasteiger partial charge in [0, 0.05) is 12.6 Å². The van der Waals surface area contributed by atoms with Crippen LogP contribution in [0.4, 0.5) is 0 Å². The minimum atomic E-state index is -0.106. The van der Waals surface area contributed by atoms with Gasteiger partial charge in [0.05, 0.1) is 13.0 Å². The Morgan fingerprint density at radius 1 is 1.40 bits per heavy atom. The molecule has 0 aromatic heterocycles. The fourth-order valence-corrected chi connectivity index (χ4v) is 1.36. The Morgan fingerprint density at radius 2 is 1.93 bits per heavy atom. The molecule has 0 heterocycles. The van der Waals surface area contributed by atoms with Crippen molar-refractivity contribution in [1.29, 1.82) is 0 Å². The molecule has 0 N–H and O–H groups in total. The highest BCUT2D eigenvalue weighted by Crippen LogP contribution is 2.22. The Morgan fingerprint density at radius 3 is 2.33 bits per heavy atom. The fraction of sp³-hybridized carbons (Fsp3) is 0.917. The molecule has 0 saturated heterocycles. The van der Waals surface area contributed by atoms with E-state index in [1.807, 2.05) is 6.92 Å². The lowest BCUT2D eigenvalue weighted by atomic mass is 9.87. The van der Waals surface area contributed by atoms with Crippen LogP contribution in [0.2, 0.25) is 0 Å². The monoisotopic (exact) mass is 215 g/mol. The summed E-state index contributed by atoms with van der Waals surface area (Å²) in [6, 6.07) is 0.451. The van der Waals surface area contributed by atoms with E-state index in [9.17, 15) is 4.79 Å². The topological polar surface area (TPSA) is 29.5 Å². The van der Waals surface area contributed by atoms with Gasteiger partial charge in [-0.25, -0.2) is 0 Å². The zero-order valence-corrected chi connectivity index (χ0v) is 11.0. The lowest BCUT2D eigenvalue weighted by molar-refractivity contribution is -0.143.